The van der Waals surface area contributed by atoms with Gasteiger partial charge in [-0.15, -0.1) is 0 Å². The third-order valence-corrected chi connectivity index (χ3v) is 0. The molecule has 0 aliphatic heterocycles. The summed E-state index contributed by atoms with van der Waals surface area (Å²) in [6.45, 7) is 0. The van der Waals surface area contributed by atoms with Crippen LogP contribution in [0.15, 0.2) is 0 Å². The predicted octanol–water partition coefficient (Wildman–Crippen LogP) is 0.0112. The van der Waals surface area contributed by atoms with Gasteiger partial charge < -0.3 is 0 Å². The molecule has 0 aliphatic carbocycles. The van der Waals surface area contributed by atoms with Crippen LogP contribution in [0.2, 0.25) is 0 Å². The van der Waals surface area contributed by atoms with E-state index in [4.69, 9.17) is 7.47 Å². The van der Waals surface area contributed by atoms with E-state index in [2.05, 4.69) is 11.9 Å². The molecule has 0 unspecified atom stereocenters. The number of halogens is 1. The van der Waals surface area contributed by atoms with Crippen molar-refractivity contribution in [2.75, 3.05) is 0 Å². The Balaban J connectivity index is 0. The first-order chi connectivity index (χ1) is 2.00. The second-order valence-corrected chi connectivity index (χ2v) is 0. The zero-order valence-electron chi connectivity index (χ0n) is 1.73. The van der Waals surface area contributed by atoms with E-state index in [1.807, 2.05) is 0 Å². The molecule has 0 bridgehead atoms. The summed E-state index contributed by atoms with van der Waals surface area (Å²) in [5, 5.41) is 0. The minimum absolute atomic E-state index is 0.300. The van der Waals surface area contributed by atoms with Crippen molar-refractivity contribution in [3.8, 4) is 0 Å². The minimum atomic E-state index is 0.300. The second kappa shape index (κ2) is 38.9. The first kappa shape index (κ1) is 8.87. The quantitative estimate of drug-likeness (QED) is 0.541. The molecule has 0 atom stereocenters. The molecule has 1 N–H and O–H groups in total. The fraction of sp³-hybridized carbons (Fsp3) is 0. The summed E-state index contributed by atoms with van der Waals surface area (Å²) in [5.41, 5.74) is 0. The van der Waals surface area contributed by atoms with Crippen LogP contribution in [0.1, 0.15) is 0 Å². The van der Waals surface area contributed by atoms with Crippen molar-refractivity contribution in [3.63, 3.8) is 0 Å². The second-order valence-electron chi connectivity index (χ2n) is 0. The Hall–Kier alpha value is 0.933. The van der Waals surface area contributed by atoms with Gasteiger partial charge in [0.05, 0.1) is 11.9 Å². The molecule has 0 aliphatic rings. The molecule has 0 radical (unpaired) electrons. The molecule has 0 saturated carbocycles. The van der Waals surface area contributed by atoms with Crippen LogP contribution < -0.4 is 0 Å². The van der Waals surface area contributed by atoms with Crippen molar-refractivity contribution in [3.05, 3.63) is 0 Å². The molecule has 2 nitrogen and oxygen atoms in total. The molecule has 4 heavy (non-hydrogen) atoms. The van der Waals surface area contributed by atoms with Gasteiger partial charge in [0.25, 0.3) is 0 Å². The Labute approximate surface area is 44.2 Å². The van der Waals surface area contributed by atoms with Crippen LogP contribution in [0.25, 0.3) is 0 Å². The van der Waals surface area contributed by atoms with Crippen molar-refractivity contribution >= 4 is 11.9 Å². The molecule has 0 aromatic rings. The molecule has 0 spiro atoms. The first-order valence-electron chi connectivity index (χ1n) is 0.373. The van der Waals surface area contributed by atoms with Gasteiger partial charge in [0.2, 0.25) is 0 Å². The van der Waals surface area contributed by atoms with E-state index in [1.165, 1.54) is 0 Å². The summed E-state index contributed by atoms with van der Waals surface area (Å²) in [6, 6.07) is 0. The van der Waals surface area contributed by atoms with Crippen LogP contribution in [0.5, 0.6) is 0 Å². The fourth-order valence-electron chi connectivity index (χ4n) is 0. The van der Waals surface area contributed by atoms with Crippen LogP contribution in [0.3, 0.4) is 0 Å². The third-order valence-electron chi connectivity index (χ3n) is 0. The Bertz CT molecular complexity index is 6.00. The summed E-state index contributed by atoms with van der Waals surface area (Å²) in [4.78, 5) is 0. The Morgan fingerprint density at radius 3 is 1.50 bits per heavy atom. The van der Waals surface area contributed by atoms with Crippen molar-refractivity contribution in [2.24, 2.45) is 0 Å². The number of hydrogen-bond donors (Lipinski definition) is 1. The van der Waals surface area contributed by atoms with E-state index in [-0.39, 0.29) is 0 Å². The van der Waals surface area contributed by atoms with Crippen LogP contribution in [-0.4, -0.2) is 4.66 Å². The van der Waals surface area contributed by atoms with Gasteiger partial charge in [0.15, 0.2) is 0 Å². The Morgan fingerprint density at radius 1 is 1.50 bits per heavy atom. The zero-order chi connectivity index (χ0) is 4.00. The first-order valence-corrected chi connectivity index (χ1v) is 1.71. The molecule has 0 rings (SSSR count). The molecule has 0 heterocycles. The topological polar surface area (TPSA) is 37.3 Å². The van der Waals surface area contributed by atoms with Gasteiger partial charge in [-0.25, -0.2) is 0 Å². The predicted molar refractivity (Wildman–Crippen MR) is 8.76 cm³/mol. The zero-order valence-corrected chi connectivity index (χ0v) is 4.95. The van der Waals surface area contributed by atoms with Gasteiger partial charge in [-0.3, -0.25) is 4.66 Å². The summed E-state index contributed by atoms with van der Waals surface area (Å²) < 4.78 is 14.8. The molecular weight excluding hydrogens is 159 g/mol. The Kier molecular flexibility index (Phi) is 86.2. The van der Waals surface area contributed by atoms with Gasteiger partial charge in [-0.05, 0) is 0 Å². The van der Waals surface area contributed by atoms with Crippen LogP contribution in [0.4, 0.5) is 0 Å². The molecule has 0 amide bonds. The van der Waals surface area contributed by atoms with Gasteiger partial charge in [-0.2, -0.15) is 0 Å². The molecule has 0 fully saturated rings. The molecular formula is HClO2Zr. The summed E-state index contributed by atoms with van der Waals surface area (Å²) in [5.74, 6) is 0. The van der Waals surface area contributed by atoms with E-state index in [9.17, 15) is 0 Å². The molecule has 0 saturated heterocycles. The summed E-state index contributed by atoms with van der Waals surface area (Å²) >= 11 is 3.94. The number of hydrogen-bond acceptors (Lipinski definition) is 2. The number of rotatable bonds is 0. The third kappa shape index (κ3) is 12.6. The van der Waals surface area contributed by atoms with Gasteiger partial charge in [0.1, 0.15) is 0 Å². The van der Waals surface area contributed by atoms with Gasteiger partial charge >= 0.3 is 27.5 Å². The van der Waals surface area contributed by atoms with E-state index in [0.717, 1.165) is 0 Å². The van der Waals surface area contributed by atoms with Crippen LogP contribution in [-0.2, 0) is 27.5 Å². The van der Waals surface area contributed by atoms with Crippen molar-refractivity contribution in [1.82, 2.24) is 0 Å². The van der Waals surface area contributed by atoms with E-state index in [1.54, 1.807) is 0 Å². The molecule has 4 heteroatoms. The maximum absolute atomic E-state index is 8.34. The fourth-order valence-corrected chi connectivity index (χ4v) is 0. The van der Waals surface area contributed by atoms with Crippen molar-refractivity contribution in [2.45, 2.75) is 0 Å². The summed E-state index contributed by atoms with van der Waals surface area (Å²) in [6.07, 6.45) is 0. The SMILES string of the molecule is OCl.[O]=[Zr]. The van der Waals surface area contributed by atoms with Gasteiger partial charge in [0, 0.05) is 0 Å². The molecule has 0 aromatic carbocycles. The maximum atomic E-state index is 8.34. The van der Waals surface area contributed by atoms with Crippen LogP contribution >= 0.6 is 11.9 Å². The van der Waals surface area contributed by atoms with Gasteiger partial charge in [-0.1, -0.05) is 0 Å². The average molecular weight is 160 g/mol. The summed E-state index contributed by atoms with van der Waals surface area (Å²) in [7, 11) is 0. The monoisotopic (exact) mass is 158 g/mol. The van der Waals surface area contributed by atoms with Crippen molar-refractivity contribution < 1.29 is 32.2 Å². The molecule has 0 aromatic heterocycles. The van der Waals surface area contributed by atoms with Crippen LogP contribution in [0, 0.1) is 0 Å². The van der Waals surface area contributed by atoms with E-state index in [0.29, 0.717) is 24.7 Å². The standard InChI is InChI=1S/ClHO.O.Zr/c1-2;;/h2H;;. The van der Waals surface area contributed by atoms with Crippen molar-refractivity contribution in [1.29, 1.82) is 0 Å². The Morgan fingerprint density at radius 2 is 1.50 bits per heavy atom. The normalized spacial score (nSPS) is 2.25. The average Bonchev–Trinajstić information content (AvgIpc) is 1.50. The molecule has 24 valence electrons. The van der Waals surface area contributed by atoms with E-state index >= 15 is 0 Å². The van der Waals surface area contributed by atoms with E-state index < -0.39 is 0 Å².